The lowest BCUT2D eigenvalue weighted by atomic mass is 9.92. The summed E-state index contributed by atoms with van der Waals surface area (Å²) in [6.45, 7) is 2.21. The summed E-state index contributed by atoms with van der Waals surface area (Å²) in [5, 5.41) is 12.1. The molecule has 2 aliphatic rings. The number of allylic oxidation sites excluding steroid dienone is 1. The Balaban J connectivity index is 1.33. The molecule has 0 fully saturated rings. The number of rotatable bonds is 11. The molecule has 3 aromatic carbocycles. The topological polar surface area (TPSA) is 141 Å². The molecule has 5 rings (SSSR count). The number of amides is 3. The van der Waals surface area contributed by atoms with E-state index in [4.69, 9.17) is 35.7 Å². The van der Waals surface area contributed by atoms with Crippen LogP contribution >= 0.6 is 11.6 Å². The molecule has 0 spiro atoms. The summed E-state index contributed by atoms with van der Waals surface area (Å²) in [7, 11) is 1.31. The molecule has 0 aromatic heterocycles. The predicted octanol–water partition coefficient (Wildman–Crippen LogP) is 4.61. The predicted molar refractivity (Wildman–Crippen MR) is 164 cm³/mol. The summed E-state index contributed by atoms with van der Waals surface area (Å²) in [6.07, 6.45) is 1.31. The average Bonchev–Trinajstić information content (AvgIpc) is 3.28. The third kappa shape index (κ3) is 7.07. The van der Waals surface area contributed by atoms with E-state index in [-0.39, 0.29) is 49.2 Å². The lowest BCUT2D eigenvalue weighted by Crippen LogP contribution is -2.31. The van der Waals surface area contributed by atoms with Gasteiger partial charge in [0.15, 0.2) is 5.76 Å². The number of aryl methyl sites for hydroxylation is 1. The summed E-state index contributed by atoms with van der Waals surface area (Å²) in [5.74, 6) is -2.16. The van der Waals surface area contributed by atoms with Gasteiger partial charge in [0.1, 0.15) is 0 Å². The highest BCUT2D eigenvalue weighted by Gasteiger charge is 2.37. The molecule has 2 aliphatic heterocycles. The van der Waals surface area contributed by atoms with Crippen molar-refractivity contribution >= 4 is 46.7 Å². The van der Waals surface area contributed by atoms with Crippen molar-refractivity contribution in [3.05, 3.63) is 105 Å². The number of anilines is 2. The lowest BCUT2D eigenvalue weighted by Gasteiger charge is -2.29. The Labute approximate surface area is 264 Å². The van der Waals surface area contributed by atoms with Crippen molar-refractivity contribution in [1.82, 2.24) is 0 Å². The van der Waals surface area contributed by atoms with Crippen LogP contribution in [0.1, 0.15) is 54.5 Å². The van der Waals surface area contributed by atoms with Gasteiger partial charge in [-0.3, -0.25) is 14.4 Å². The first-order chi connectivity index (χ1) is 21.7. The molecule has 0 unspecified atom stereocenters. The number of nitrogens with one attached hydrogen (secondary N) is 1. The van der Waals surface area contributed by atoms with Crippen molar-refractivity contribution in [3.8, 4) is 0 Å². The van der Waals surface area contributed by atoms with Gasteiger partial charge >= 0.3 is 5.97 Å². The number of methoxy groups -OCH3 is 1. The van der Waals surface area contributed by atoms with E-state index in [1.807, 2.05) is 0 Å². The SMILES string of the molecule is COC(=O)c1ccc([C@@H]2C=C(C(=O)Nc3ccc(N4C(=O)c5ccc(Cl)cc5C4=O)c(C)c3)O[C@H](OCCOCCO)C2)cc1. The molecular formula is C33H31ClN2O9. The number of hydrogen-bond acceptors (Lipinski definition) is 9. The fraction of sp³-hybridized carbons (Fsp3) is 0.273. The second kappa shape index (κ2) is 14.0. The molecule has 3 aromatic rings. The van der Waals surface area contributed by atoms with E-state index in [1.165, 1.54) is 19.2 Å². The van der Waals surface area contributed by atoms with Gasteiger partial charge in [-0.1, -0.05) is 23.7 Å². The molecule has 3 amide bonds. The van der Waals surface area contributed by atoms with Gasteiger partial charge in [-0.15, -0.1) is 0 Å². The minimum Gasteiger partial charge on any atom is -0.465 e. The van der Waals surface area contributed by atoms with E-state index in [0.717, 1.165) is 10.5 Å². The van der Waals surface area contributed by atoms with Crippen molar-refractivity contribution < 1.29 is 43.2 Å². The van der Waals surface area contributed by atoms with E-state index in [2.05, 4.69) is 5.32 Å². The molecule has 0 bridgehead atoms. The second-order valence-electron chi connectivity index (χ2n) is 10.3. The number of hydrogen-bond donors (Lipinski definition) is 2. The van der Waals surface area contributed by atoms with Crippen LogP contribution in [0.4, 0.5) is 11.4 Å². The fourth-order valence-corrected chi connectivity index (χ4v) is 5.32. The first-order valence-electron chi connectivity index (χ1n) is 14.2. The van der Waals surface area contributed by atoms with Crippen molar-refractivity contribution in [2.45, 2.75) is 25.6 Å². The molecule has 45 heavy (non-hydrogen) atoms. The van der Waals surface area contributed by atoms with Crippen molar-refractivity contribution in [2.24, 2.45) is 0 Å². The molecule has 2 heterocycles. The molecule has 12 heteroatoms. The summed E-state index contributed by atoms with van der Waals surface area (Å²) in [5.41, 5.74) is 3.13. The van der Waals surface area contributed by atoms with Gasteiger partial charge in [0.2, 0.25) is 6.29 Å². The number of aliphatic hydroxyl groups excluding tert-OH is 1. The smallest absolute Gasteiger partial charge is 0.337 e. The number of carbonyl (C=O) groups excluding carboxylic acids is 4. The van der Waals surface area contributed by atoms with Crippen molar-refractivity contribution in [2.75, 3.05) is 43.8 Å². The molecule has 2 N–H and O–H groups in total. The van der Waals surface area contributed by atoms with Gasteiger partial charge in [-0.25, -0.2) is 9.69 Å². The molecule has 0 saturated heterocycles. The van der Waals surface area contributed by atoms with Gasteiger partial charge in [-0.2, -0.15) is 0 Å². The van der Waals surface area contributed by atoms with Crippen LogP contribution in [0, 0.1) is 6.92 Å². The van der Waals surface area contributed by atoms with Crippen LogP contribution in [-0.2, 0) is 23.7 Å². The lowest BCUT2D eigenvalue weighted by molar-refractivity contribution is -0.148. The zero-order valence-electron chi connectivity index (χ0n) is 24.6. The summed E-state index contributed by atoms with van der Waals surface area (Å²) >= 11 is 6.04. The molecule has 0 aliphatic carbocycles. The highest BCUT2D eigenvalue weighted by molar-refractivity contribution is 6.37. The zero-order chi connectivity index (χ0) is 32.1. The van der Waals surface area contributed by atoms with Gasteiger partial charge in [0, 0.05) is 23.0 Å². The molecule has 0 saturated carbocycles. The van der Waals surface area contributed by atoms with Gasteiger partial charge in [-0.05, 0) is 72.7 Å². The number of benzene rings is 3. The van der Waals surface area contributed by atoms with E-state index in [0.29, 0.717) is 33.9 Å². The second-order valence-corrected chi connectivity index (χ2v) is 10.8. The van der Waals surface area contributed by atoms with Gasteiger partial charge in [0.25, 0.3) is 17.7 Å². The fourth-order valence-electron chi connectivity index (χ4n) is 5.15. The maximum Gasteiger partial charge on any atom is 0.337 e. The van der Waals surface area contributed by atoms with E-state index in [9.17, 15) is 19.2 Å². The number of halogens is 1. The van der Waals surface area contributed by atoms with Crippen LogP contribution in [-0.4, -0.2) is 68.6 Å². The van der Waals surface area contributed by atoms with Crippen LogP contribution < -0.4 is 10.2 Å². The average molecular weight is 635 g/mol. The Bertz CT molecular complexity index is 1650. The molecule has 0 radical (unpaired) electrons. The summed E-state index contributed by atoms with van der Waals surface area (Å²) < 4.78 is 21.8. The van der Waals surface area contributed by atoms with Crippen LogP contribution in [0.15, 0.2) is 72.5 Å². The minimum absolute atomic E-state index is 0.0310. The molecule has 234 valence electrons. The van der Waals surface area contributed by atoms with Crippen molar-refractivity contribution in [1.29, 1.82) is 0 Å². The Kier molecular flexibility index (Phi) is 9.94. The Morgan fingerprint density at radius 1 is 1.00 bits per heavy atom. The number of imide groups is 1. The number of fused-ring (bicyclic) bond motifs is 1. The Morgan fingerprint density at radius 2 is 1.76 bits per heavy atom. The van der Waals surface area contributed by atoms with Crippen LogP contribution in [0.3, 0.4) is 0 Å². The molecular weight excluding hydrogens is 604 g/mol. The first kappa shape index (κ1) is 31.9. The highest BCUT2D eigenvalue weighted by Crippen LogP contribution is 2.35. The maximum absolute atomic E-state index is 13.4. The van der Waals surface area contributed by atoms with Crippen LogP contribution in [0.5, 0.6) is 0 Å². The largest absolute Gasteiger partial charge is 0.465 e. The Hall–Kier alpha value is -4.55. The van der Waals surface area contributed by atoms with Crippen molar-refractivity contribution in [3.63, 3.8) is 0 Å². The Morgan fingerprint density at radius 3 is 2.47 bits per heavy atom. The number of esters is 1. The van der Waals surface area contributed by atoms with Crippen LogP contribution in [0.2, 0.25) is 5.02 Å². The summed E-state index contributed by atoms with van der Waals surface area (Å²) in [4.78, 5) is 52.5. The highest BCUT2D eigenvalue weighted by atomic mass is 35.5. The third-order valence-electron chi connectivity index (χ3n) is 7.35. The number of carbonyl (C=O) groups is 4. The number of ether oxygens (including phenoxy) is 4. The zero-order valence-corrected chi connectivity index (χ0v) is 25.3. The van der Waals surface area contributed by atoms with E-state index >= 15 is 0 Å². The number of nitrogens with zero attached hydrogens (tertiary/aromatic N) is 1. The maximum atomic E-state index is 13.4. The minimum atomic E-state index is -0.773. The molecule has 11 nitrogen and oxygen atoms in total. The normalized spacial score (nSPS) is 17.4. The quantitative estimate of drug-likeness (QED) is 0.176. The van der Waals surface area contributed by atoms with E-state index < -0.39 is 30.0 Å². The first-order valence-corrected chi connectivity index (χ1v) is 14.5. The monoisotopic (exact) mass is 634 g/mol. The molecule has 2 atom stereocenters. The number of aliphatic hydroxyl groups is 1. The standard InChI is InChI=1S/C33H31ClN2O9/c1-19-15-24(8-10-27(19)36-31(39)25-9-7-23(34)18-26(25)32(36)40)35-30(38)28-16-22(17-29(45-28)44-14-13-43-12-11-37)20-3-5-21(6-4-20)33(41)42-2/h3-10,15-16,18,22,29,37H,11-14,17H2,1-2H3,(H,35,38)/t22-,29+/m1/s1. The van der Waals surface area contributed by atoms with E-state index in [1.54, 1.807) is 61.5 Å². The summed E-state index contributed by atoms with van der Waals surface area (Å²) in [6, 6.07) is 16.3. The third-order valence-corrected chi connectivity index (χ3v) is 7.59. The van der Waals surface area contributed by atoms with Crippen LogP contribution in [0.25, 0.3) is 0 Å². The van der Waals surface area contributed by atoms with Gasteiger partial charge < -0.3 is 29.4 Å². The van der Waals surface area contributed by atoms with Gasteiger partial charge in [0.05, 0.1) is 55.9 Å².